The van der Waals surface area contributed by atoms with Crippen LogP contribution in [0.1, 0.15) is 67.2 Å². The highest BCUT2D eigenvalue weighted by molar-refractivity contribution is 6.02. The summed E-state index contributed by atoms with van der Waals surface area (Å²) < 4.78 is 5.43. The van der Waals surface area contributed by atoms with E-state index in [1.165, 1.54) is 0 Å². The Hall–Kier alpha value is -1.32. The topological polar surface area (TPSA) is 46.6 Å². The summed E-state index contributed by atoms with van der Waals surface area (Å²) in [6, 6.07) is -0.429. The van der Waals surface area contributed by atoms with Gasteiger partial charge in [-0.15, -0.1) is 0 Å². The number of Topliss-reactive ketones (excluding diaryl/α,β-unsaturated/α-hetero) is 1. The van der Waals surface area contributed by atoms with Crippen molar-refractivity contribution in [3.8, 4) is 0 Å². The van der Waals surface area contributed by atoms with Crippen LogP contribution in [0.5, 0.6) is 0 Å². The maximum atomic E-state index is 12.6. The molecule has 0 aromatic heterocycles. The average Bonchev–Trinajstić information content (AvgIpc) is 2.36. The van der Waals surface area contributed by atoms with Crippen molar-refractivity contribution in [1.29, 1.82) is 0 Å². The maximum absolute atomic E-state index is 12.6. The van der Waals surface area contributed by atoms with Crippen molar-refractivity contribution in [2.75, 3.05) is 6.54 Å². The summed E-state index contributed by atoms with van der Waals surface area (Å²) in [4.78, 5) is 26.5. The second kappa shape index (κ2) is 7.10. The van der Waals surface area contributed by atoms with Gasteiger partial charge in [0.25, 0.3) is 0 Å². The van der Waals surface area contributed by atoms with Crippen molar-refractivity contribution < 1.29 is 14.3 Å². The molecule has 0 spiro atoms. The van der Waals surface area contributed by atoms with Gasteiger partial charge in [0.05, 0.1) is 6.04 Å². The molecule has 0 saturated carbocycles. The van der Waals surface area contributed by atoms with E-state index in [1.54, 1.807) is 11.8 Å². The molecule has 0 fully saturated rings. The van der Waals surface area contributed by atoms with Crippen LogP contribution in [0, 0.1) is 0 Å². The van der Waals surface area contributed by atoms with Gasteiger partial charge in [-0.3, -0.25) is 9.69 Å². The number of hydrogen-bond donors (Lipinski definition) is 0. The lowest BCUT2D eigenvalue weighted by molar-refractivity contribution is -0.121. The molecule has 120 valence electrons. The quantitative estimate of drug-likeness (QED) is 0.784. The second-order valence-electron chi connectivity index (χ2n) is 6.73. The number of rotatable bonds is 4. The van der Waals surface area contributed by atoms with E-state index in [2.05, 4.69) is 13.8 Å². The lowest BCUT2D eigenvalue weighted by Crippen LogP contribution is -2.50. The van der Waals surface area contributed by atoms with Crippen molar-refractivity contribution in [2.24, 2.45) is 0 Å². The van der Waals surface area contributed by atoms with Crippen molar-refractivity contribution in [3.05, 3.63) is 11.1 Å². The molecule has 4 heteroatoms. The number of ether oxygens (including phenoxy) is 1. The molecule has 0 aromatic rings. The van der Waals surface area contributed by atoms with Crippen LogP contribution in [0.3, 0.4) is 0 Å². The molecule has 1 aliphatic heterocycles. The molecular formula is C17H29NO3. The van der Waals surface area contributed by atoms with Gasteiger partial charge in [0, 0.05) is 6.54 Å². The van der Waals surface area contributed by atoms with Gasteiger partial charge in [0.15, 0.2) is 5.78 Å². The molecule has 1 aliphatic rings. The molecule has 0 unspecified atom stereocenters. The molecule has 0 radical (unpaired) electrons. The second-order valence-corrected chi connectivity index (χ2v) is 6.73. The van der Waals surface area contributed by atoms with E-state index in [4.69, 9.17) is 4.74 Å². The molecule has 21 heavy (non-hydrogen) atoms. The first-order chi connectivity index (χ1) is 9.71. The lowest BCUT2D eigenvalue weighted by atomic mass is 9.89. The molecule has 1 heterocycles. The summed E-state index contributed by atoms with van der Waals surface area (Å²) in [5, 5.41) is 0. The van der Waals surface area contributed by atoms with Crippen LogP contribution in [0.15, 0.2) is 11.1 Å². The minimum atomic E-state index is -0.543. The fourth-order valence-electron chi connectivity index (χ4n) is 2.63. The number of carbonyl (C=O) groups is 2. The molecule has 0 saturated heterocycles. The van der Waals surface area contributed by atoms with Crippen molar-refractivity contribution in [1.82, 2.24) is 4.90 Å². The fourth-order valence-corrected chi connectivity index (χ4v) is 2.63. The van der Waals surface area contributed by atoms with Gasteiger partial charge in [-0.05, 0) is 51.7 Å². The predicted molar refractivity (Wildman–Crippen MR) is 84.3 cm³/mol. The van der Waals surface area contributed by atoms with Gasteiger partial charge < -0.3 is 4.74 Å². The largest absolute Gasteiger partial charge is 0.444 e. The normalized spacial score (nSPS) is 20.0. The fraction of sp³-hybridized carbons (Fsp3) is 0.765. The highest BCUT2D eigenvalue weighted by atomic mass is 16.6. The highest BCUT2D eigenvalue weighted by Gasteiger charge is 2.36. The minimum absolute atomic E-state index is 0.0809. The Balaban J connectivity index is 3.01. The standard InChI is InChI=1S/C17H29NO3/c1-7-9-13-11-18(16(20)21-17(4,5)6)12(3)15(19)14(13)10-8-2/h12H,7-11H2,1-6H3/t12-/m0/s1. The Kier molecular flexibility index (Phi) is 5.99. The van der Waals surface area contributed by atoms with Gasteiger partial charge in [0.2, 0.25) is 0 Å². The summed E-state index contributed by atoms with van der Waals surface area (Å²) in [5.74, 6) is 0.0809. The number of nitrogens with zero attached hydrogens (tertiary/aromatic N) is 1. The van der Waals surface area contributed by atoms with Crippen LogP contribution < -0.4 is 0 Å². The van der Waals surface area contributed by atoms with Gasteiger partial charge in [-0.2, -0.15) is 0 Å². The Morgan fingerprint density at radius 3 is 2.29 bits per heavy atom. The minimum Gasteiger partial charge on any atom is -0.444 e. The molecule has 0 aliphatic carbocycles. The zero-order valence-electron chi connectivity index (χ0n) is 14.3. The third-order valence-corrected chi connectivity index (χ3v) is 3.61. The van der Waals surface area contributed by atoms with Gasteiger partial charge in [-0.25, -0.2) is 4.79 Å². The summed E-state index contributed by atoms with van der Waals surface area (Å²) in [7, 11) is 0. The van der Waals surface area contributed by atoms with E-state index in [1.807, 2.05) is 20.8 Å². The van der Waals surface area contributed by atoms with E-state index < -0.39 is 17.7 Å². The first-order valence-electron chi connectivity index (χ1n) is 7.96. The van der Waals surface area contributed by atoms with Crippen molar-refractivity contribution in [2.45, 2.75) is 78.9 Å². The van der Waals surface area contributed by atoms with Gasteiger partial charge in [0.1, 0.15) is 5.60 Å². The number of hydrogen-bond acceptors (Lipinski definition) is 3. The number of ketones is 1. The lowest BCUT2D eigenvalue weighted by Gasteiger charge is -2.36. The summed E-state index contributed by atoms with van der Waals surface area (Å²) in [5.41, 5.74) is 1.50. The molecule has 1 rings (SSSR count). The SMILES string of the molecule is CCCC1=C(CCC)C(=O)[C@H](C)N(C(=O)OC(C)(C)C)C1. The van der Waals surface area contributed by atoms with Crippen LogP contribution in [0.2, 0.25) is 0 Å². The average molecular weight is 295 g/mol. The zero-order valence-corrected chi connectivity index (χ0v) is 14.3. The Morgan fingerprint density at radius 1 is 1.24 bits per heavy atom. The van der Waals surface area contributed by atoms with Crippen LogP contribution >= 0.6 is 0 Å². The zero-order chi connectivity index (χ0) is 16.2. The van der Waals surface area contributed by atoms with E-state index in [9.17, 15) is 9.59 Å². The Morgan fingerprint density at radius 2 is 1.81 bits per heavy atom. The van der Waals surface area contributed by atoms with Crippen molar-refractivity contribution >= 4 is 11.9 Å². The molecule has 0 N–H and O–H groups in total. The maximum Gasteiger partial charge on any atom is 0.411 e. The molecular weight excluding hydrogens is 266 g/mol. The van der Waals surface area contributed by atoms with Crippen molar-refractivity contribution in [3.63, 3.8) is 0 Å². The molecule has 0 aromatic carbocycles. The first kappa shape index (κ1) is 17.7. The summed E-state index contributed by atoms with van der Waals surface area (Å²) in [6.45, 7) is 12.0. The predicted octanol–water partition coefficient (Wildman–Crippen LogP) is 4.09. The molecule has 0 bridgehead atoms. The third-order valence-electron chi connectivity index (χ3n) is 3.61. The smallest absolute Gasteiger partial charge is 0.411 e. The van der Waals surface area contributed by atoms with E-state index in [0.29, 0.717) is 6.54 Å². The summed E-state index contributed by atoms with van der Waals surface area (Å²) >= 11 is 0. The summed E-state index contributed by atoms with van der Waals surface area (Å²) in [6.07, 6.45) is 3.21. The van der Waals surface area contributed by atoms with E-state index in [0.717, 1.165) is 36.8 Å². The van der Waals surface area contributed by atoms with Crippen LogP contribution in [0.25, 0.3) is 0 Å². The third kappa shape index (κ3) is 4.58. The monoisotopic (exact) mass is 295 g/mol. The Labute approximate surface area is 128 Å². The number of amides is 1. The Bertz CT molecular complexity index is 432. The number of carbonyl (C=O) groups excluding carboxylic acids is 2. The van der Waals surface area contributed by atoms with Crippen LogP contribution in [0.4, 0.5) is 4.79 Å². The van der Waals surface area contributed by atoms with Gasteiger partial charge >= 0.3 is 6.09 Å². The van der Waals surface area contributed by atoms with Crippen LogP contribution in [-0.2, 0) is 9.53 Å². The molecule has 1 atom stereocenters. The van der Waals surface area contributed by atoms with E-state index >= 15 is 0 Å². The molecule has 1 amide bonds. The molecule has 4 nitrogen and oxygen atoms in total. The van der Waals surface area contributed by atoms with Gasteiger partial charge in [-0.1, -0.05) is 26.7 Å². The highest BCUT2D eigenvalue weighted by Crippen LogP contribution is 2.27. The van der Waals surface area contributed by atoms with Crippen LogP contribution in [-0.4, -0.2) is 35.0 Å². The first-order valence-corrected chi connectivity index (χ1v) is 7.96. The van der Waals surface area contributed by atoms with E-state index in [-0.39, 0.29) is 5.78 Å².